The van der Waals surface area contributed by atoms with Gasteiger partial charge in [-0.3, -0.25) is 9.59 Å². The highest BCUT2D eigenvalue weighted by atomic mass is 16.3. The Kier molecular flexibility index (Phi) is 7.44. The van der Waals surface area contributed by atoms with E-state index >= 15 is 0 Å². The Hall–Kier alpha value is -1.68. The number of hydrogen-bond donors (Lipinski definition) is 2. The van der Waals surface area contributed by atoms with E-state index in [9.17, 15) is 14.7 Å². The van der Waals surface area contributed by atoms with E-state index in [0.717, 1.165) is 38.5 Å². The molecule has 0 bridgehead atoms. The van der Waals surface area contributed by atoms with Gasteiger partial charge in [0, 0.05) is 24.9 Å². The fourth-order valence-electron chi connectivity index (χ4n) is 3.31. The lowest BCUT2D eigenvalue weighted by Gasteiger charge is -2.25. The van der Waals surface area contributed by atoms with Crippen molar-refractivity contribution in [2.45, 2.75) is 64.4 Å². The molecule has 1 fully saturated rings. The van der Waals surface area contributed by atoms with Crippen LogP contribution in [0.2, 0.25) is 0 Å². The number of nitrogens with one attached hydrogen (secondary N) is 1. The number of carbonyl (C=O) groups is 2. The minimum atomic E-state index is -0.224. The molecule has 4 heteroatoms. The first-order valence-corrected chi connectivity index (χ1v) is 9.15. The van der Waals surface area contributed by atoms with Gasteiger partial charge in [-0.1, -0.05) is 44.0 Å². The van der Waals surface area contributed by atoms with Crippen LogP contribution < -0.4 is 5.32 Å². The monoisotopic (exact) mass is 331 g/mol. The molecule has 2 rings (SSSR count). The molecule has 24 heavy (non-hydrogen) atoms. The van der Waals surface area contributed by atoms with Gasteiger partial charge in [-0.15, -0.1) is 0 Å². The summed E-state index contributed by atoms with van der Waals surface area (Å²) < 4.78 is 0. The second-order valence-corrected chi connectivity index (χ2v) is 6.86. The lowest BCUT2D eigenvalue weighted by molar-refractivity contribution is -0.121. The maximum Gasteiger partial charge on any atom is 0.220 e. The molecule has 1 amide bonds. The third-order valence-corrected chi connectivity index (χ3v) is 4.74. The number of aliphatic hydroxyl groups excluding tert-OH is 1. The summed E-state index contributed by atoms with van der Waals surface area (Å²) in [6.45, 7) is 2.74. The molecule has 2 N–H and O–H groups in total. The molecule has 0 heterocycles. The molecule has 4 nitrogen and oxygen atoms in total. The third kappa shape index (κ3) is 6.08. The van der Waals surface area contributed by atoms with Gasteiger partial charge in [0.25, 0.3) is 0 Å². The molecule has 132 valence electrons. The first-order valence-electron chi connectivity index (χ1n) is 9.15. The zero-order valence-electron chi connectivity index (χ0n) is 14.6. The Bertz CT molecular complexity index is 538. The molecular weight excluding hydrogens is 302 g/mol. The van der Waals surface area contributed by atoms with E-state index in [-0.39, 0.29) is 30.6 Å². The van der Waals surface area contributed by atoms with Crippen molar-refractivity contribution < 1.29 is 14.7 Å². The van der Waals surface area contributed by atoms with Gasteiger partial charge in [0.2, 0.25) is 5.91 Å². The van der Waals surface area contributed by atoms with E-state index in [2.05, 4.69) is 12.2 Å². The number of ketones is 1. The van der Waals surface area contributed by atoms with Crippen molar-refractivity contribution in [3.8, 4) is 0 Å². The van der Waals surface area contributed by atoms with Crippen LogP contribution in [0.25, 0.3) is 0 Å². The van der Waals surface area contributed by atoms with E-state index in [4.69, 9.17) is 0 Å². The minimum Gasteiger partial charge on any atom is -0.393 e. The molecule has 0 radical (unpaired) electrons. The van der Waals surface area contributed by atoms with Gasteiger partial charge < -0.3 is 10.4 Å². The topological polar surface area (TPSA) is 66.4 Å². The molecule has 0 aromatic heterocycles. The van der Waals surface area contributed by atoms with Crippen LogP contribution in [0.5, 0.6) is 0 Å². The van der Waals surface area contributed by atoms with Crippen molar-refractivity contribution in [2.24, 2.45) is 5.92 Å². The van der Waals surface area contributed by atoms with Gasteiger partial charge in [0.15, 0.2) is 5.78 Å². The van der Waals surface area contributed by atoms with Crippen molar-refractivity contribution in [1.82, 2.24) is 5.32 Å². The molecule has 0 aliphatic heterocycles. The number of benzene rings is 1. The quantitative estimate of drug-likeness (QED) is 0.719. The van der Waals surface area contributed by atoms with Crippen molar-refractivity contribution >= 4 is 11.7 Å². The Balaban J connectivity index is 1.69. The first-order chi connectivity index (χ1) is 11.6. The standard InChI is InChI=1S/C20H29NO3/c1-2-4-15-7-9-17(10-8-15)19(23)11-12-20(24)21-14-16-5-3-6-18(22)13-16/h7-10,16,18,22H,2-6,11-14H2,1H3,(H,21,24). The van der Waals surface area contributed by atoms with E-state index in [1.165, 1.54) is 5.56 Å². The van der Waals surface area contributed by atoms with Gasteiger partial charge in [-0.25, -0.2) is 0 Å². The second kappa shape index (κ2) is 9.58. The van der Waals surface area contributed by atoms with Crippen LogP contribution in [0.15, 0.2) is 24.3 Å². The molecule has 2 unspecified atom stereocenters. The summed E-state index contributed by atoms with van der Waals surface area (Å²) in [5.74, 6) is 0.298. The number of carbonyl (C=O) groups excluding carboxylic acids is 2. The van der Waals surface area contributed by atoms with Crippen molar-refractivity contribution in [1.29, 1.82) is 0 Å². The van der Waals surface area contributed by atoms with Crippen LogP contribution in [0.4, 0.5) is 0 Å². The highest BCUT2D eigenvalue weighted by Gasteiger charge is 2.20. The Morgan fingerprint density at radius 3 is 2.58 bits per heavy atom. The van der Waals surface area contributed by atoms with Gasteiger partial charge in [0.1, 0.15) is 0 Å². The summed E-state index contributed by atoms with van der Waals surface area (Å²) >= 11 is 0. The fourth-order valence-corrected chi connectivity index (χ4v) is 3.31. The summed E-state index contributed by atoms with van der Waals surface area (Å²) in [7, 11) is 0. The predicted octanol–water partition coefficient (Wildman–Crippen LogP) is 3.27. The van der Waals surface area contributed by atoms with E-state index in [0.29, 0.717) is 18.0 Å². The van der Waals surface area contributed by atoms with E-state index in [1.807, 2.05) is 24.3 Å². The summed E-state index contributed by atoms with van der Waals surface area (Å²) in [5, 5.41) is 12.5. The van der Waals surface area contributed by atoms with Crippen LogP contribution in [0.3, 0.4) is 0 Å². The van der Waals surface area contributed by atoms with Crippen LogP contribution in [0, 0.1) is 5.92 Å². The van der Waals surface area contributed by atoms with Crippen LogP contribution in [0.1, 0.15) is 67.8 Å². The van der Waals surface area contributed by atoms with E-state index < -0.39 is 0 Å². The number of hydrogen-bond acceptors (Lipinski definition) is 3. The van der Waals surface area contributed by atoms with Crippen LogP contribution >= 0.6 is 0 Å². The Morgan fingerprint density at radius 1 is 1.17 bits per heavy atom. The van der Waals surface area contributed by atoms with Crippen LogP contribution in [-0.2, 0) is 11.2 Å². The molecule has 0 spiro atoms. The lowest BCUT2D eigenvalue weighted by atomic mass is 9.87. The summed E-state index contributed by atoms with van der Waals surface area (Å²) in [4.78, 5) is 24.1. The second-order valence-electron chi connectivity index (χ2n) is 6.86. The van der Waals surface area contributed by atoms with Gasteiger partial charge in [-0.2, -0.15) is 0 Å². The molecule has 1 aliphatic carbocycles. The SMILES string of the molecule is CCCc1ccc(C(=O)CCC(=O)NCC2CCCC(O)C2)cc1. The zero-order valence-corrected chi connectivity index (χ0v) is 14.6. The van der Waals surface area contributed by atoms with Crippen LogP contribution in [-0.4, -0.2) is 29.4 Å². The summed E-state index contributed by atoms with van der Waals surface area (Å²) in [6, 6.07) is 7.69. The molecular formula is C20H29NO3. The Labute approximate surface area is 144 Å². The summed E-state index contributed by atoms with van der Waals surface area (Å²) in [6.07, 6.45) is 6.07. The molecule has 2 atom stereocenters. The molecule has 0 saturated heterocycles. The number of rotatable bonds is 8. The third-order valence-electron chi connectivity index (χ3n) is 4.74. The zero-order chi connectivity index (χ0) is 17.4. The van der Waals surface area contributed by atoms with E-state index in [1.54, 1.807) is 0 Å². The minimum absolute atomic E-state index is 0.0151. The van der Waals surface area contributed by atoms with Gasteiger partial charge in [0.05, 0.1) is 6.10 Å². The fraction of sp³-hybridized carbons (Fsp3) is 0.600. The van der Waals surface area contributed by atoms with Crippen molar-refractivity contribution in [3.05, 3.63) is 35.4 Å². The molecule has 1 aromatic carbocycles. The number of aliphatic hydroxyl groups is 1. The summed E-state index contributed by atoms with van der Waals surface area (Å²) in [5.41, 5.74) is 1.92. The predicted molar refractivity (Wildman–Crippen MR) is 95.0 cm³/mol. The average molecular weight is 331 g/mol. The first kappa shape index (κ1) is 18.7. The van der Waals surface area contributed by atoms with Crippen molar-refractivity contribution in [2.75, 3.05) is 6.54 Å². The van der Waals surface area contributed by atoms with Crippen molar-refractivity contribution in [3.63, 3.8) is 0 Å². The molecule has 1 aliphatic rings. The number of amides is 1. The maximum atomic E-state index is 12.2. The molecule has 1 saturated carbocycles. The largest absolute Gasteiger partial charge is 0.393 e. The lowest BCUT2D eigenvalue weighted by Crippen LogP contribution is -2.33. The number of aryl methyl sites for hydroxylation is 1. The van der Waals surface area contributed by atoms with Gasteiger partial charge in [-0.05, 0) is 37.2 Å². The highest BCUT2D eigenvalue weighted by molar-refractivity contribution is 5.97. The smallest absolute Gasteiger partial charge is 0.220 e. The molecule has 1 aromatic rings. The number of Topliss-reactive ketones (excluding diaryl/α,β-unsaturated/α-hetero) is 1. The average Bonchev–Trinajstić information content (AvgIpc) is 2.59. The maximum absolute atomic E-state index is 12.2. The van der Waals surface area contributed by atoms with Gasteiger partial charge >= 0.3 is 0 Å². The highest BCUT2D eigenvalue weighted by Crippen LogP contribution is 2.23. The Morgan fingerprint density at radius 2 is 1.92 bits per heavy atom. The normalized spacial score (nSPS) is 20.6.